The average molecular weight is 173 g/mol. The number of rotatable bonds is 0. The van der Waals surface area contributed by atoms with Crippen LogP contribution in [0, 0.1) is 6.92 Å². The second-order valence-corrected chi connectivity index (χ2v) is 3.34. The summed E-state index contributed by atoms with van der Waals surface area (Å²) in [5, 5.41) is 2.77. The van der Waals surface area contributed by atoms with Crippen molar-refractivity contribution in [3.05, 3.63) is 41.5 Å². The van der Waals surface area contributed by atoms with Crippen molar-refractivity contribution in [3.63, 3.8) is 0 Å². The zero-order chi connectivity index (χ0) is 9.42. The smallest absolute Gasteiger partial charge is 0.252 e. The van der Waals surface area contributed by atoms with E-state index in [9.17, 15) is 4.79 Å². The first-order chi connectivity index (χ1) is 6.18. The molecular weight excluding hydrogens is 162 g/mol. The summed E-state index contributed by atoms with van der Waals surface area (Å²) >= 11 is 0. The van der Waals surface area contributed by atoms with Crippen LogP contribution in [0.15, 0.2) is 24.8 Å². The molecule has 1 amide bonds. The van der Waals surface area contributed by atoms with Crippen LogP contribution in [-0.2, 0) is 0 Å². The summed E-state index contributed by atoms with van der Waals surface area (Å²) in [6.45, 7) is 6.50. The molecule has 2 heteroatoms. The molecule has 1 aliphatic heterocycles. The fourth-order valence-corrected chi connectivity index (χ4v) is 1.53. The molecule has 2 rings (SSSR count). The number of amides is 1. The van der Waals surface area contributed by atoms with Crippen LogP contribution in [0.3, 0.4) is 0 Å². The predicted molar refractivity (Wildman–Crippen MR) is 52.5 cm³/mol. The number of benzene rings is 1. The highest BCUT2D eigenvalue weighted by Gasteiger charge is 2.18. The highest BCUT2D eigenvalue weighted by molar-refractivity contribution is 6.02. The summed E-state index contributed by atoms with van der Waals surface area (Å²) in [5.74, 6) is 0.00222. The maximum Gasteiger partial charge on any atom is 0.252 e. The molecule has 13 heavy (non-hydrogen) atoms. The van der Waals surface area contributed by atoms with Crippen molar-refractivity contribution in [2.24, 2.45) is 0 Å². The first kappa shape index (κ1) is 8.05. The first-order valence-corrected chi connectivity index (χ1v) is 4.25. The van der Waals surface area contributed by atoms with Crippen LogP contribution in [0.2, 0.25) is 0 Å². The van der Waals surface area contributed by atoms with Gasteiger partial charge in [0, 0.05) is 12.1 Å². The lowest BCUT2D eigenvalue weighted by atomic mass is 9.95. The van der Waals surface area contributed by atoms with Crippen LogP contribution < -0.4 is 5.32 Å². The van der Waals surface area contributed by atoms with Gasteiger partial charge in [0.15, 0.2) is 0 Å². The molecule has 0 saturated carbocycles. The second kappa shape index (κ2) is 2.73. The number of fused-ring (bicyclic) bond motifs is 1. The van der Waals surface area contributed by atoms with Crippen LogP contribution in [0.1, 0.15) is 21.5 Å². The minimum Gasteiger partial charge on any atom is -0.348 e. The Morgan fingerprint density at radius 3 is 2.92 bits per heavy atom. The number of nitrogens with one attached hydrogen (secondary N) is 1. The van der Waals surface area contributed by atoms with Crippen molar-refractivity contribution in [3.8, 4) is 0 Å². The Hall–Kier alpha value is -1.57. The number of hydrogen-bond donors (Lipinski definition) is 1. The van der Waals surface area contributed by atoms with E-state index >= 15 is 0 Å². The van der Waals surface area contributed by atoms with E-state index in [0.29, 0.717) is 6.54 Å². The van der Waals surface area contributed by atoms with Crippen LogP contribution in [-0.4, -0.2) is 12.5 Å². The van der Waals surface area contributed by atoms with E-state index in [4.69, 9.17) is 0 Å². The van der Waals surface area contributed by atoms with E-state index in [0.717, 1.165) is 22.3 Å². The van der Waals surface area contributed by atoms with Gasteiger partial charge in [0.25, 0.3) is 5.91 Å². The van der Waals surface area contributed by atoms with Crippen LogP contribution in [0.4, 0.5) is 0 Å². The minimum absolute atomic E-state index is 0.00222. The summed E-state index contributed by atoms with van der Waals surface area (Å²) in [6, 6.07) is 5.80. The molecule has 0 aromatic heterocycles. The van der Waals surface area contributed by atoms with Gasteiger partial charge in [0.05, 0.1) is 0 Å². The summed E-state index contributed by atoms with van der Waals surface area (Å²) in [4.78, 5) is 11.4. The molecule has 1 N–H and O–H groups in total. The molecule has 1 aliphatic rings. The van der Waals surface area contributed by atoms with Crippen molar-refractivity contribution in [1.29, 1.82) is 0 Å². The third-order valence-electron chi connectivity index (χ3n) is 2.26. The third kappa shape index (κ3) is 1.24. The Balaban J connectivity index is 2.63. The second-order valence-electron chi connectivity index (χ2n) is 3.34. The summed E-state index contributed by atoms with van der Waals surface area (Å²) in [7, 11) is 0. The molecule has 0 spiro atoms. The Morgan fingerprint density at radius 1 is 1.38 bits per heavy atom. The predicted octanol–water partition coefficient (Wildman–Crippen LogP) is 1.75. The van der Waals surface area contributed by atoms with Gasteiger partial charge >= 0.3 is 0 Å². The van der Waals surface area contributed by atoms with E-state index in [-0.39, 0.29) is 5.91 Å². The van der Waals surface area contributed by atoms with Crippen LogP contribution >= 0.6 is 0 Å². The van der Waals surface area contributed by atoms with Crippen molar-refractivity contribution >= 4 is 11.5 Å². The average Bonchev–Trinajstić information content (AvgIpc) is 2.12. The fourth-order valence-electron chi connectivity index (χ4n) is 1.53. The summed E-state index contributed by atoms with van der Waals surface area (Å²) < 4.78 is 0. The molecule has 66 valence electrons. The SMILES string of the molecule is C=C1CNC(=O)c2ccc(C)cc21. The van der Waals surface area contributed by atoms with Crippen LogP contribution in [0.25, 0.3) is 5.57 Å². The van der Waals surface area contributed by atoms with Crippen molar-refractivity contribution < 1.29 is 4.79 Å². The molecule has 0 fully saturated rings. The van der Waals surface area contributed by atoms with E-state index in [1.807, 2.05) is 25.1 Å². The zero-order valence-electron chi connectivity index (χ0n) is 7.55. The summed E-state index contributed by atoms with van der Waals surface area (Å²) in [5.41, 5.74) is 3.87. The molecule has 0 bridgehead atoms. The molecular formula is C11H11NO. The zero-order valence-corrected chi connectivity index (χ0v) is 7.55. The van der Waals surface area contributed by atoms with Gasteiger partial charge in [-0.05, 0) is 24.1 Å². The number of carbonyl (C=O) groups excluding carboxylic acids is 1. The highest BCUT2D eigenvalue weighted by atomic mass is 16.1. The first-order valence-electron chi connectivity index (χ1n) is 4.25. The van der Waals surface area contributed by atoms with Gasteiger partial charge in [-0.2, -0.15) is 0 Å². The number of carbonyl (C=O) groups is 1. The largest absolute Gasteiger partial charge is 0.348 e. The highest BCUT2D eigenvalue weighted by Crippen LogP contribution is 2.22. The molecule has 0 atom stereocenters. The monoisotopic (exact) mass is 173 g/mol. The molecule has 0 radical (unpaired) electrons. The Labute approximate surface area is 77.3 Å². The Bertz CT molecular complexity index is 393. The van der Waals surface area contributed by atoms with E-state index in [1.54, 1.807) is 0 Å². The van der Waals surface area contributed by atoms with E-state index < -0.39 is 0 Å². The van der Waals surface area contributed by atoms with Gasteiger partial charge in [-0.1, -0.05) is 24.3 Å². The van der Waals surface area contributed by atoms with E-state index in [2.05, 4.69) is 11.9 Å². The quantitative estimate of drug-likeness (QED) is 0.636. The lowest BCUT2D eigenvalue weighted by molar-refractivity contribution is 0.0955. The minimum atomic E-state index is 0.00222. The lowest BCUT2D eigenvalue weighted by Crippen LogP contribution is -2.30. The molecule has 0 aliphatic carbocycles. The topological polar surface area (TPSA) is 29.1 Å². The standard InChI is InChI=1S/C11H11NO/c1-7-3-4-9-10(5-7)8(2)6-12-11(9)13/h3-5H,2,6H2,1H3,(H,12,13). The molecule has 2 nitrogen and oxygen atoms in total. The van der Waals surface area contributed by atoms with Gasteiger partial charge in [0.1, 0.15) is 0 Å². The van der Waals surface area contributed by atoms with Crippen LogP contribution in [0.5, 0.6) is 0 Å². The Morgan fingerprint density at radius 2 is 2.15 bits per heavy atom. The normalized spacial score (nSPS) is 15.2. The number of aryl methyl sites for hydroxylation is 1. The molecule has 0 saturated heterocycles. The molecule has 0 unspecified atom stereocenters. The Kier molecular flexibility index (Phi) is 1.69. The lowest BCUT2D eigenvalue weighted by Gasteiger charge is -2.18. The summed E-state index contributed by atoms with van der Waals surface area (Å²) in [6.07, 6.45) is 0. The maximum atomic E-state index is 11.4. The van der Waals surface area contributed by atoms with Gasteiger partial charge in [-0.3, -0.25) is 4.79 Å². The molecule has 1 aromatic carbocycles. The molecule has 1 aromatic rings. The third-order valence-corrected chi connectivity index (χ3v) is 2.26. The van der Waals surface area contributed by atoms with Gasteiger partial charge in [0.2, 0.25) is 0 Å². The fraction of sp³-hybridized carbons (Fsp3) is 0.182. The molecule has 1 heterocycles. The van der Waals surface area contributed by atoms with Crippen molar-refractivity contribution in [2.45, 2.75) is 6.92 Å². The maximum absolute atomic E-state index is 11.4. The van der Waals surface area contributed by atoms with Crippen molar-refractivity contribution in [1.82, 2.24) is 5.32 Å². The van der Waals surface area contributed by atoms with Gasteiger partial charge in [-0.25, -0.2) is 0 Å². The number of hydrogen-bond acceptors (Lipinski definition) is 1. The van der Waals surface area contributed by atoms with E-state index in [1.165, 1.54) is 0 Å². The van der Waals surface area contributed by atoms with Gasteiger partial charge in [-0.15, -0.1) is 0 Å². The van der Waals surface area contributed by atoms with Crippen molar-refractivity contribution in [2.75, 3.05) is 6.54 Å². The van der Waals surface area contributed by atoms with Gasteiger partial charge < -0.3 is 5.32 Å².